The van der Waals surface area contributed by atoms with Gasteiger partial charge in [0.05, 0.1) is 0 Å². The molecule has 0 spiro atoms. The topological polar surface area (TPSA) is 71.2 Å². The van der Waals surface area contributed by atoms with Crippen LogP contribution in [0.5, 0.6) is 0 Å². The van der Waals surface area contributed by atoms with E-state index in [-0.39, 0.29) is 5.91 Å². The van der Waals surface area contributed by atoms with Crippen LogP contribution in [0.4, 0.5) is 5.82 Å². The van der Waals surface area contributed by atoms with Crippen molar-refractivity contribution in [1.82, 2.24) is 9.88 Å². The molecule has 1 aromatic rings. The van der Waals surface area contributed by atoms with Crippen molar-refractivity contribution >= 4 is 11.7 Å². The van der Waals surface area contributed by atoms with E-state index in [1.165, 1.54) is 19.3 Å². The maximum absolute atomic E-state index is 12.7. The molecule has 0 aliphatic heterocycles. The van der Waals surface area contributed by atoms with Crippen molar-refractivity contribution in [2.75, 3.05) is 18.5 Å². The first kappa shape index (κ1) is 15.8. The number of hydrogen-bond acceptors (Lipinski definition) is 4. The lowest BCUT2D eigenvalue weighted by atomic mass is 9.85. The van der Waals surface area contributed by atoms with Crippen molar-refractivity contribution in [2.24, 2.45) is 11.8 Å². The number of hydrazine groups is 1. The monoisotopic (exact) mass is 290 g/mol. The summed E-state index contributed by atoms with van der Waals surface area (Å²) in [6.45, 7) is 5.74. The van der Waals surface area contributed by atoms with Gasteiger partial charge in [-0.15, -0.1) is 0 Å². The van der Waals surface area contributed by atoms with Gasteiger partial charge in [0.15, 0.2) is 0 Å². The second-order valence-corrected chi connectivity index (χ2v) is 5.77. The number of rotatable bonds is 7. The van der Waals surface area contributed by atoms with Crippen LogP contribution in [-0.4, -0.2) is 28.9 Å². The highest BCUT2D eigenvalue weighted by atomic mass is 16.2. The Morgan fingerprint density at radius 1 is 1.43 bits per heavy atom. The number of aromatic nitrogens is 1. The number of nitrogen functional groups attached to an aromatic ring is 1. The SMILES string of the molecule is CCCc1cc(C(=O)N(CC)CC2CCC2)cc(NN)n1. The maximum Gasteiger partial charge on any atom is 0.254 e. The van der Waals surface area contributed by atoms with Gasteiger partial charge in [0.1, 0.15) is 5.82 Å². The van der Waals surface area contributed by atoms with Gasteiger partial charge in [0.25, 0.3) is 5.91 Å². The van der Waals surface area contributed by atoms with Crippen LogP contribution in [0.15, 0.2) is 12.1 Å². The van der Waals surface area contributed by atoms with Crippen molar-refractivity contribution in [3.05, 3.63) is 23.4 Å². The summed E-state index contributed by atoms with van der Waals surface area (Å²) in [5.41, 5.74) is 4.16. The third kappa shape index (κ3) is 3.94. The smallest absolute Gasteiger partial charge is 0.254 e. The molecule has 1 amide bonds. The lowest BCUT2D eigenvalue weighted by Crippen LogP contribution is -2.37. The second-order valence-electron chi connectivity index (χ2n) is 5.77. The first-order valence-corrected chi connectivity index (χ1v) is 7.94. The molecule has 0 bridgehead atoms. The summed E-state index contributed by atoms with van der Waals surface area (Å²) in [6, 6.07) is 3.64. The van der Waals surface area contributed by atoms with E-state index in [1.807, 2.05) is 17.9 Å². The first-order chi connectivity index (χ1) is 10.2. The molecular weight excluding hydrogens is 264 g/mol. The van der Waals surface area contributed by atoms with E-state index in [0.29, 0.717) is 17.3 Å². The standard InChI is InChI=1S/C16H26N4O/c1-3-6-14-9-13(10-15(18-14)19-17)16(21)20(4-2)11-12-7-5-8-12/h9-10,12H,3-8,11,17H2,1-2H3,(H,18,19). The Morgan fingerprint density at radius 3 is 2.71 bits per heavy atom. The molecule has 0 unspecified atom stereocenters. The fraction of sp³-hybridized carbons (Fsp3) is 0.625. The van der Waals surface area contributed by atoms with Gasteiger partial charge >= 0.3 is 0 Å². The number of anilines is 1. The molecular formula is C16H26N4O. The van der Waals surface area contributed by atoms with Crippen LogP contribution < -0.4 is 11.3 Å². The number of nitrogens with one attached hydrogen (secondary N) is 1. The highest BCUT2D eigenvalue weighted by Gasteiger charge is 2.24. The van der Waals surface area contributed by atoms with Crippen LogP contribution in [0.1, 0.15) is 55.6 Å². The molecule has 0 atom stereocenters. The molecule has 2 rings (SSSR count). The third-order valence-electron chi connectivity index (χ3n) is 4.15. The van der Waals surface area contributed by atoms with E-state index in [1.54, 1.807) is 6.07 Å². The minimum absolute atomic E-state index is 0.0839. The molecule has 1 saturated carbocycles. The van der Waals surface area contributed by atoms with Gasteiger partial charge in [-0.05, 0) is 44.2 Å². The number of amides is 1. The number of nitrogens with two attached hydrogens (primary N) is 1. The van der Waals surface area contributed by atoms with Crippen LogP contribution in [0.3, 0.4) is 0 Å². The summed E-state index contributed by atoms with van der Waals surface area (Å²) in [5.74, 6) is 6.79. The lowest BCUT2D eigenvalue weighted by molar-refractivity contribution is 0.0706. The highest BCUT2D eigenvalue weighted by Crippen LogP contribution is 2.27. The van der Waals surface area contributed by atoms with E-state index in [4.69, 9.17) is 5.84 Å². The molecule has 1 heterocycles. The van der Waals surface area contributed by atoms with Crippen LogP contribution in [0.25, 0.3) is 0 Å². The van der Waals surface area contributed by atoms with E-state index in [0.717, 1.165) is 31.6 Å². The molecule has 5 heteroatoms. The zero-order valence-corrected chi connectivity index (χ0v) is 13.1. The molecule has 1 aromatic heterocycles. The van der Waals surface area contributed by atoms with Crippen molar-refractivity contribution in [3.8, 4) is 0 Å². The van der Waals surface area contributed by atoms with Gasteiger partial charge in [-0.2, -0.15) is 0 Å². The molecule has 0 radical (unpaired) electrons. The predicted octanol–water partition coefficient (Wildman–Crippen LogP) is 2.58. The van der Waals surface area contributed by atoms with Crippen molar-refractivity contribution in [3.63, 3.8) is 0 Å². The summed E-state index contributed by atoms with van der Waals surface area (Å²) in [5, 5.41) is 0. The van der Waals surface area contributed by atoms with Crippen LogP contribution in [0, 0.1) is 5.92 Å². The van der Waals surface area contributed by atoms with Gasteiger partial charge in [0, 0.05) is 24.3 Å². The summed E-state index contributed by atoms with van der Waals surface area (Å²) in [7, 11) is 0. The van der Waals surface area contributed by atoms with Crippen LogP contribution in [-0.2, 0) is 6.42 Å². The lowest BCUT2D eigenvalue weighted by Gasteiger charge is -2.32. The Labute approximate surface area is 126 Å². The Hall–Kier alpha value is -1.62. The molecule has 21 heavy (non-hydrogen) atoms. The Morgan fingerprint density at radius 2 is 2.19 bits per heavy atom. The summed E-state index contributed by atoms with van der Waals surface area (Å²) in [6.07, 6.45) is 5.64. The van der Waals surface area contributed by atoms with Gasteiger partial charge in [0.2, 0.25) is 0 Å². The Bertz CT molecular complexity index is 485. The predicted molar refractivity (Wildman–Crippen MR) is 85.0 cm³/mol. The maximum atomic E-state index is 12.7. The van der Waals surface area contributed by atoms with Crippen molar-refractivity contribution in [1.29, 1.82) is 0 Å². The van der Waals surface area contributed by atoms with Crippen LogP contribution in [0.2, 0.25) is 0 Å². The average Bonchev–Trinajstić information content (AvgIpc) is 2.45. The number of carbonyl (C=O) groups excluding carboxylic acids is 1. The average molecular weight is 290 g/mol. The molecule has 0 aromatic carbocycles. The molecule has 1 aliphatic carbocycles. The van der Waals surface area contributed by atoms with Gasteiger partial charge in [-0.3, -0.25) is 4.79 Å². The molecule has 5 nitrogen and oxygen atoms in total. The number of hydrogen-bond donors (Lipinski definition) is 2. The van der Waals surface area contributed by atoms with Crippen molar-refractivity contribution in [2.45, 2.75) is 46.0 Å². The van der Waals surface area contributed by atoms with Gasteiger partial charge in [-0.1, -0.05) is 19.8 Å². The minimum Gasteiger partial charge on any atom is -0.339 e. The largest absolute Gasteiger partial charge is 0.339 e. The number of carbonyl (C=O) groups is 1. The molecule has 0 saturated heterocycles. The summed E-state index contributed by atoms with van der Waals surface area (Å²) < 4.78 is 0. The van der Waals surface area contributed by atoms with E-state index in [9.17, 15) is 4.79 Å². The first-order valence-electron chi connectivity index (χ1n) is 7.94. The third-order valence-corrected chi connectivity index (χ3v) is 4.15. The highest BCUT2D eigenvalue weighted by molar-refractivity contribution is 5.95. The zero-order chi connectivity index (χ0) is 15.2. The van der Waals surface area contributed by atoms with E-state index < -0.39 is 0 Å². The van der Waals surface area contributed by atoms with Gasteiger partial charge in [-0.25, -0.2) is 10.8 Å². The quantitative estimate of drug-likeness (QED) is 0.598. The molecule has 1 aliphatic rings. The van der Waals surface area contributed by atoms with E-state index in [2.05, 4.69) is 17.3 Å². The van der Waals surface area contributed by atoms with E-state index >= 15 is 0 Å². The summed E-state index contributed by atoms with van der Waals surface area (Å²) in [4.78, 5) is 19.0. The normalized spacial score (nSPS) is 14.6. The Balaban J connectivity index is 2.16. The number of nitrogens with zero attached hydrogens (tertiary/aromatic N) is 2. The number of pyridine rings is 1. The molecule has 1 fully saturated rings. The summed E-state index contributed by atoms with van der Waals surface area (Å²) >= 11 is 0. The van der Waals surface area contributed by atoms with Crippen LogP contribution >= 0.6 is 0 Å². The number of aryl methyl sites for hydroxylation is 1. The molecule has 3 N–H and O–H groups in total. The zero-order valence-electron chi connectivity index (χ0n) is 13.1. The molecule has 116 valence electrons. The minimum atomic E-state index is 0.0839. The fourth-order valence-corrected chi connectivity index (χ4v) is 2.69. The van der Waals surface area contributed by atoms with Crippen molar-refractivity contribution < 1.29 is 4.79 Å². The fourth-order valence-electron chi connectivity index (χ4n) is 2.69. The van der Waals surface area contributed by atoms with Gasteiger partial charge < -0.3 is 10.3 Å². The Kier molecular flexibility index (Phi) is 5.56. The second kappa shape index (κ2) is 7.41.